The fourth-order valence-electron chi connectivity index (χ4n) is 1.57. The number of hydrogen-bond acceptors (Lipinski definition) is 5. The minimum atomic E-state index is -0.294. The number of carbonyl (C=O) groups is 1. The third-order valence-corrected chi connectivity index (χ3v) is 2.72. The summed E-state index contributed by atoms with van der Waals surface area (Å²) in [4.78, 5) is 11.6. The predicted octanol–water partition coefficient (Wildman–Crippen LogP) is 1.05. The molecular formula is C12H21N3O3. The van der Waals surface area contributed by atoms with Gasteiger partial charge in [0.2, 0.25) is 0 Å². The van der Waals surface area contributed by atoms with Crippen molar-refractivity contribution < 1.29 is 14.3 Å². The van der Waals surface area contributed by atoms with Crippen molar-refractivity contribution in [3.8, 4) is 0 Å². The molecule has 18 heavy (non-hydrogen) atoms. The van der Waals surface area contributed by atoms with Crippen LogP contribution in [0.5, 0.6) is 0 Å². The van der Waals surface area contributed by atoms with Crippen LogP contribution < -0.4 is 5.73 Å². The van der Waals surface area contributed by atoms with E-state index in [1.54, 1.807) is 11.8 Å². The molecule has 6 nitrogen and oxygen atoms in total. The highest BCUT2D eigenvalue weighted by Gasteiger charge is 2.11. The number of aryl methyl sites for hydroxylation is 1. The van der Waals surface area contributed by atoms with Crippen molar-refractivity contribution in [2.75, 3.05) is 26.1 Å². The maximum absolute atomic E-state index is 11.6. The summed E-state index contributed by atoms with van der Waals surface area (Å²) in [5.41, 5.74) is 7.94. The van der Waals surface area contributed by atoms with Crippen molar-refractivity contribution in [2.45, 2.75) is 33.2 Å². The monoisotopic (exact) mass is 255 g/mol. The third kappa shape index (κ3) is 4.03. The number of esters is 1. The molecule has 0 aromatic carbocycles. The highest BCUT2D eigenvalue weighted by molar-refractivity contribution is 5.69. The number of methoxy groups -OCH3 is 1. The Morgan fingerprint density at radius 2 is 2.00 bits per heavy atom. The molecule has 1 aromatic rings. The van der Waals surface area contributed by atoms with Crippen LogP contribution in [0.4, 0.5) is 5.69 Å². The van der Waals surface area contributed by atoms with Crippen LogP contribution in [0.2, 0.25) is 0 Å². The van der Waals surface area contributed by atoms with Crippen LogP contribution in [0, 0.1) is 13.8 Å². The van der Waals surface area contributed by atoms with Crippen LogP contribution in [0.1, 0.15) is 24.2 Å². The van der Waals surface area contributed by atoms with E-state index in [-0.39, 0.29) is 12.5 Å². The van der Waals surface area contributed by atoms with E-state index in [4.69, 9.17) is 15.2 Å². The number of rotatable bonds is 7. The first kappa shape index (κ1) is 14.5. The van der Waals surface area contributed by atoms with Gasteiger partial charge < -0.3 is 15.2 Å². The van der Waals surface area contributed by atoms with Crippen LogP contribution in [0.15, 0.2) is 0 Å². The van der Waals surface area contributed by atoms with Gasteiger partial charge in [0.15, 0.2) is 0 Å². The van der Waals surface area contributed by atoms with Crippen molar-refractivity contribution in [2.24, 2.45) is 0 Å². The van der Waals surface area contributed by atoms with Crippen molar-refractivity contribution in [3.05, 3.63) is 11.4 Å². The van der Waals surface area contributed by atoms with Gasteiger partial charge in [0, 0.05) is 13.7 Å². The smallest absolute Gasteiger partial charge is 0.327 e. The number of unbranched alkanes of at least 4 members (excludes halogenated alkanes) is 1. The Labute approximate surface area is 107 Å². The molecule has 0 aliphatic heterocycles. The lowest BCUT2D eigenvalue weighted by molar-refractivity contribution is -0.144. The standard InChI is InChI=1S/C12H21N3O3/c1-9-12(13)10(2)15(14-9)8-11(16)18-7-5-4-6-17-3/h4-8,13H2,1-3H3. The van der Waals surface area contributed by atoms with E-state index >= 15 is 0 Å². The molecule has 0 atom stereocenters. The number of hydrogen-bond donors (Lipinski definition) is 1. The lowest BCUT2D eigenvalue weighted by Gasteiger charge is -2.06. The van der Waals surface area contributed by atoms with Gasteiger partial charge in [-0.3, -0.25) is 9.48 Å². The fourth-order valence-corrected chi connectivity index (χ4v) is 1.57. The molecule has 0 bridgehead atoms. The Morgan fingerprint density at radius 1 is 1.33 bits per heavy atom. The van der Waals surface area contributed by atoms with Gasteiger partial charge in [0.1, 0.15) is 6.54 Å². The predicted molar refractivity (Wildman–Crippen MR) is 68.2 cm³/mol. The molecule has 0 saturated carbocycles. The van der Waals surface area contributed by atoms with E-state index in [1.807, 2.05) is 13.8 Å². The summed E-state index contributed by atoms with van der Waals surface area (Å²) in [5, 5.41) is 4.18. The van der Waals surface area contributed by atoms with Crippen molar-refractivity contribution in [1.82, 2.24) is 9.78 Å². The summed E-state index contributed by atoms with van der Waals surface area (Å²) in [6, 6.07) is 0. The summed E-state index contributed by atoms with van der Waals surface area (Å²) in [6.45, 7) is 4.85. The first-order valence-corrected chi connectivity index (χ1v) is 6.00. The van der Waals surface area contributed by atoms with Crippen LogP contribution in [0.25, 0.3) is 0 Å². The molecule has 1 heterocycles. The molecule has 0 aliphatic carbocycles. The second kappa shape index (κ2) is 7.00. The highest BCUT2D eigenvalue weighted by Crippen LogP contribution is 2.14. The number of nitrogens with zero attached hydrogens (tertiary/aromatic N) is 2. The van der Waals surface area contributed by atoms with Crippen LogP contribution >= 0.6 is 0 Å². The third-order valence-electron chi connectivity index (χ3n) is 2.72. The van der Waals surface area contributed by atoms with Crippen molar-refractivity contribution in [3.63, 3.8) is 0 Å². The number of anilines is 1. The van der Waals surface area contributed by atoms with Gasteiger partial charge in [-0.05, 0) is 26.7 Å². The van der Waals surface area contributed by atoms with Crippen molar-refractivity contribution in [1.29, 1.82) is 0 Å². The molecule has 0 radical (unpaired) electrons. The summed E-state index contributed by atoms with van der Waals surface area (Å²) in [5.74, 6) is -0.294. The second-order valence-corrected chi connectivity index (χ2v) is 4.16. The lowest BCUT2D eigenvalue weighted by Crippen LogP contribution is -2.16. The topological polar surface area (TPSA) is 79.4 Å². The molecule has 2 N–H and O–H groups in total. The van der Waals surface area contributed by atoms with Gasteiger partial charge >= 0.3 is 5.97 Å². The van der Waals surface area contributed by atoms with E-state index < -0.39 is 0 Å². The zero-order valence-corrected chi connectivity index (χ0v) is 11.2. The van der Waals surface area contributed by atoms with Crippen LogP contribution in [0.3, 0.4) is 0 Å². The largest absolute Gasteiger partial charge is 0.464 e. The summed E-state index contributed by atoms with van der Waals surface area (Å²) in [7, 11) is 1.65. The normalized spacial score (nSPS) is 10.6. The SMILES string of the molecule is COCCCCOC(=O)Cn1nc(C)c(N)c1C. The van der Waals surface area contributed by atoms with E-state index in [9.17, 15) is 4.79 Å². The Bertz CT molecular complexity index is 402. The van der Waals surface area contributed by atoms with Gasteiger partial charge in [-0.25, -0.2) is 0 Å². The number of aromatic nitrogens is 2. The first-order valence-electron chi connectivity index (χ1n) is 6.00. The van der Waals surface area contributed by atoms with Crippen molar-refractivity contribution >= 4 is 11.7 Å². The van der Waals surface area contributed by atoms with Gasteiger partial charge in [0.05, 0.1) is 23.7 Å². The minimum Gasteiger partial charge on any atom is -0.464 e. The quantitative estimate of drug-likeness (QED) is 0.582. The number of nitrogen functional groups attached to an aromatic ring is 1. The van der Waals surface area contributed by atoms with E-state index in [2.05, 4.69) is 5.10 Å². The first-order chi connectivity index (χ1) is 8.56. The number of carbonyl (C=O) groups excluding carboxylic acids is 1. The molecule has 0 aliphatic rings. The second-order valence-electron chi connectivity index (χ2n) is 4.16. The van der Waals surface area contributed by atoms with E-state index in [1.165, 1.54) is 0 Å². The molecule has 0 spiro atoms. The van der Waals surface area contributed by atoms with Gasteiger partial charge in [-0.1, -0.05) is 0 Å². The maximum Gasteiger partial charge on any atom is 0.327 e. The Morgan fingerprint density at radius 3 is 2.56 bits per heavy atom. The molecule has 102 valence electrons. The Balaban J connectivity index is 2.33. The average Bonchev–Trinajstić information content (AvgIpc) is 2.57. The van der Waals surface area contributed by atoms with E-state index in [0.29, 0.717) is 18.9 Å². The zero-order chi connectivity index (χ0) is 13.5. The molecule has 0 unspecified atom stereocenters. The number of ether oxygens (including phenoxy) is 2. The van der Waals surface area contributed by atoms with Crippen LogP contribution in [-0.2, 0) is 20.8 Å². The zero-order valence-electron chi connectivity index (χ0n) is 11.2. The molecule has 0 amide bonds. The Hall–Kier alpha value is -1.56. The van der Waals surface area contributed by atoms with Gasteiger partial charge in [0.25, 0.3) is 0 Å². The number of nitrogens with two attached hydrogens (primary N) is 1. The molecule has 1 rings (SSSR count). The summed E-state index contributed by atoms with van der Waals surface area (Å²) in [6.07, 6.45) is 1.69. The Kier molecular flexibility index (Phi) is 5.64. The minimum absolute atomic E-state index is 0.105. The molecular weight excluding hydrogens is 234 g/mol. The van der Waals surface area contributed by atoms with Gasteiger partial charge in [-0.15, -0.1) is 0 Å². The van der Waals surface area contributed by atoms with Gasteiger partial charge in [-0.2, -0.15) is 5.10 Å². The lowest BCUT2D eigenvalue weighted by atomic mass is 10.3. The maximum atomic E-state index is 11.6. The van der Waals surface area contributed by atoms with E-state index in [0.717, 1.165) is 24.2 Å². The summed E-state index contributed by atoms with van der Waals surface area (Å²) >= 11 is 0. The molecule has 6 heteroatoms. The fraction of sp³-hybridized carbons (Fsp3) is 0.667. The highest BCUT2D eigenvalue weighted by atomic mass is 16.5. The molecule has 0 fully saturated rings. The molecule has 0 saturated heterocycles. The molecule has 1 aromatic heterocycles. The average molecular weight is 255 g/mol. The van der Waals surface area contributed by atoms with Crippen LogP contribution in [-0.4, -0.2) is 36.1 Å². The summed E-state index contributed by atoms with van der Waals surface area (Å²) < 4.78 is 11.6.